The third kappa shape index (κ3) is 2.56. The first-order valence-corrected chi connectivity index (χ1v) is 8.10. The van der Waals surface area contributed by atoms with Crippen molar-refractivity contribution in [1.82, 2.24) is 9.13 Å². The number of rotatable bonds is 4. The highest BCUT2D eigenvalue weighted by atomic mass is 16.1. The third-order valence-corrected chi connectivity index (χ3v) is 4.46. The Bertz CT molecular complexity index is 1030. The van der Waals surface area contributed by atoms with Crippen molar-refractivity contribution >= 4 is 33.4 Å². The first-order valence-electron chi connectivity index (χ1n) is 8.10. The molecule has 0 aliphatic heterocycles. The van der Waals surface area contributed by atoms with Gasteiger partial charge < -0.3 is 14.5 Å². The average molecular weight is 317 g/mol. The second kappa shape index (κ2) is 5.89. The quantitative estimate of drug-likeness (QED) is 0.603. The van der Waals surface area contributed by atoms with Crippen LogP contribution >= 0.6 is 0 Å². The number of aryl methyl sites for hydroxylation is 2. The summed E-state index contributed by atoms with van der Waals surface area (Å²) >= 11 is 0. The lowest BCUT2D eigenvalue weighted by atomic mass is 10.2. The van der Waals surface area contributed by atoms with Crippen molar-refractivity contribution in [1.29, 1.82) is 0 Å². The van der Waals surface area contributed by atoms with Crippen molar-refractivity contribution < 1.29 is 4.79 Å². The largest absolute Gasteiger partial charge is 0.350 e. The van der Waals surface area contributed by atoms with E-state index >= 15 is 0 Å². The molecule has 0 aliphatic carbocycles. The van der Waals surface area contributed by atoms with Gasteiger partial charge in [0.15, 0.2) is 0 Å². The van der Waals surface area contributed by atoms with Crippen molar-refractivity contribution in [2.24, 2.45) is 7.05 Å². The van der Waals surface area contributed by atoms with E-state index in [-0.39, 0.29) is 5.91 Å². The Morgan fingerprint density at radius 2 is 1.79 bits per heavy atom. The van der Waals surface area contributed by atoms with Crippen LogP contribution in [0.15, 0.2) is 67.0 Å². The summed E-state index contributed by atoms with van der Waals surface area (Å²) in [5, 5.41) is 5.31. The fraction of sp³-hybridized carbons (Fsp3) is 0.150. The summed E-state index contributed by atoms with van der Waals surface area (Å²) in [5.41, 5.74) is 3.15. The number of benzene rings is 2. The van der Waals surface area contributed by atoms with Gasteiger partial charge in [0, 0.05) is 48.8 Å². The molecule has 0 aliphatic rings. The molecule has 1 amide bonds. The first-order chi connectivity index (χ1) is 11.7. The van der Waals surface area contributed by atoms with E-state index in [1.54, 1.807) is 0 Å². The summed E-state index contributed by atoms with van der Waals surface area (Å²) in [6.07, 6.45) is 4.49. The molecule has 2 heterocycles. The lowest BCUT2D eigenvalue weighted by molar-refractivity contribution is -0.116. The summed E-state index contributed by atoms with van der Waals surface area (Å²) in [6, 6.07) is 18.3. The van der Waals surface area contributed by atoms with Crippen LogP contribution in [0.2, 0.25) is 0 Å². The van der Waals surface area contributed by atoms with Crippen molar-refractivity contribution in [3.05, 3.63) is 67.0 Å². The molecule has 0 atom stereocenters. The Hall–Kier alpha value is -3.01. The van der Waals surface area contributed by atoms with E-state index in [1.807, 2.05) is 49.8 Å². The molecule has 4 nitrogen and oxygen atoms in total. The minimum Gasteiger partial charge on any atom is -0.350 e. The van der Waals surface area contributed by atoms with E-state index in [4.69, 9.17) is 0 Å². The number of nitrogens with zero attached hydrogens (tertiary/aromatic N) is 2. The smallest absolute Gasteiger partial charge is 0.226 e. The van der Waals surface area contributed by atoms with Crippen LogP contribution in [0.4, 0.5) is 5.69 Å². The highest BCUT2D eigenvalue weighted by molar-refractivity contribution is 6.01. The molecular weight excluding hydrogens is 298 g/mol. The van der Waals surface area contributed by atoms with Gasteiger partial charge >= 0.3 is 0 Å². The van der Waals surface area contributed by atoms with E-state index in [1.165, 1.54) is 5.39 Å². The molecule has 0 saturated carbocycles. The molecule has 0 saturated heterocycles. The number of para-hydroxylation sites is 1. The minimum absolute atomic E-state index is 0.0316. The second-order valence-electron chi connectivity index (χ2n) is 6.03. The number of hydrogen-bond acceptors (Lipinski definition) is 1. The van der Waals surface area contributed by atoms with E-state index in [0.29, 0.717) is 13.0 Å². The predicted octanol–water partition coefficient (Wildman–Crippen LogP) is 4.16. The molecule has 0 spiro atoms. The molecule has 4 aromatic rings. The maximum Gasteiger partial charge on any atom is 0.226 e. The van der Waals surface area contributed by atoms with E-state index in [2.05, 4.69) is 38.7 Å². The van der Waals surface area contributed by atoms with Gasteiger partial charge in [0.2, 0.25) is 5.91 Å². The summed E-state index contributed by atoms with van der Waals surface area (Å²) in [5.74, 6) is 0.0316. The van der Waals surface area contributed by atoms with Crippen LogP contribution in [0, 0.1) is 0 Å². The standard InChI is InChI=1S/C20H19N3O/c1-22-12-10-16-17(6-4-8-19(16)22)21-20(24)11-14-23-13-9-15-5-2-3-7-18(15)23/h2-10,12-13H,11,14H2,1H3,(H,21,24). The summed E-state index contributed by atoms with van der Waals surface area (Å²) in [4.78, 5) is 12.4. The van der Waals surface area contributed by atoms with Gasteiger partial charge in [0.25, 0.3) is 0 Å². The van der Waals surface area contributed by atoms with Crippen LogP contribution in [0.3, 0.4) is 0 Å². The lowest BCUT2D eigenvalue weighted by Gasteiger charge is -2.09. The molecular formula is C20H19N3O. The van der Waals surface area contributed by atoms with E-state index in [0.717, 1.165) is 22.1 Å². The van der Waals surface area contributed by atoms with Crippen LogP contribution in [0.5, 0.6) is 0 Å². The van der Waals surface area contributed by atoms with Gasteiger partial charge in [-0.05, 0) is 35.7 Å². The molecule has 0 radical (unpaired) electrons. The molecule has 0 fully saturated rings. The fourth-order valence-corrected chi connectivity index (χ4v) is 3.18. The van der Waals surface area contributed by atoms with Crippen LogP contribution in [-0.4, -0.2) is 15.0 Å². The third-order valence-electron chi connectivity index (χ3n) is 4.46. The maximum atomic E-state index is 12.4. The Labute approximate surface area is 140 Å². The monoisotopic (exact) mass is 317 g/mol. The van der Waals surface area contributed by atoms with Gasteiger partial charge in [-0.3, -0.25) is 4.79 Å². The zero-order chi connectivity index (χ0) is 16.5. The summed E-state index contributed by atoms with van der Waals surface area (Å²) < 4.78 is 4.18. The topological polar surface area (TPSA) is 39.0 Å². The van der Waals surface area contributed by atoms with Gasteiger partial charge in [-0.25, -0.2) is 0 Å². The van der Waals surface area contributed by atoms with Crippen molar-refractivity contribution in [2.45, 2.75) is 13.0 Å². The molecule has 0 unspecified atom stereocenters. The number of hydrogen-bond donors (Lipinski definition) is 1. The molecule has 2 aromatic carbocycles. The number of anilines is 1. The highest BCUT2D eigenvalue weighted by Gasteiger charge is 2.08. The maximum absolute atomic E-state index is 12.4. The highest BCUT2D eigenvalue weighted by Crippen LogP contribution is 2.24. The Kier molecular flexibility index (Phi) is 3.58. The van der Waals surface area contributed by atoms with Crippen molar-refractivity contribution in [3.63, 3.8) is 0 Å². The number of fused-ring (bicyclic) bond motifs is 2. The Morgan fingerprint density at radius 1 is 0.958 bits per heavy atom. The van der Waals surface area contributed by atoms with Crippen LogP contribution in [-0.2, 0) is 18.4 Å². The molecule has 120 valence electrons. The number of carbonyl (C=O) groups is 1. The number of carbonyl (C=O) groups excluding carboxylic acids is 1. The first kappa shape index (κ1) is 14.6. The van der Waals surface area contributed by atoms with Crippen LogP contribution in [0.1, 0.15) is 6.42 Å². The van der Waals surface area contributed by atoms with Gasteiger partial charge in [-0.1, -0.05) is 24.3 Å². The zero-order valence-corrected chi connectivity index (χ0v) is 13.6. The fourth-order valence-electron chi connectivity index (χ4n) is 3.18. The van der Waals surface area contributed by atoms with Crippen molar-refractivity contribution in [2.75, 3.05) is 5.32 Å². The number of nitrogens with one attached hydrogen (secondary N) is 1. The van der Waals surface area contributed by atoms with Gasteiger partial charge in [0.1, 0.15) is 0 Å². The zero-order valence-electron chi connectivity index (χ0n) is 13.6. The minimum atomic E-state index is 0.0316. The van der Waals surface area contributed by atoms with Gasteiger partial charge in [-0.2, -0.15) is 0 Å². The SMILES string of the molecule is Cn1ccc2c(NC(=O)CCn3ccc4ccccc43)cccc21. The Balaban J connectivity index is 1.48. The Morgan fingerprint density at radius 3 is 2.71 bits per heavy atom. The number of aromatic nitrogens is 2. The molecule has 0 bridgehead atoms. The summed E-state index contributed by atoms with van der Waals surface area (Å²) in [6.45, 7) is 0.671. The van der Waals surface area contributed by atoms with Crippen molar-refractivity contribution in [3.8, 4) is 0 Å². The molecule has 2 aromatic heterocycles. The average Bonchev–Trinajstić information content (AvgIpc) is 3.18. The van der Waals surface area contributed by atoms with E-state index in [9.17, 15) is 4.79 Å². The second-order valence-corrected chi connectivity index (χ2v) is 6.03. The van der Waals surface area contributed by atoms with Crippen LogP contribution in [0.25, 0.3) is 21.8 Å². The molecule has 24 heavy (non-hydrogen) atoms. The van der Waals surface area contributed by atoms with Gasteiger partial charge in [-0.15, -0.1) is 0 Å². The molecule has 4 rings (SSSR count). The van der Waals surface area contributed by atoms with Gasteiger partial charge in [0.05, 0.1) is 5.69 Å². The van der Waals surface area contributed by atoms with Crippen LogP contribution < -0.4 is 5.32 Å². The van der Waals surface area contributed by atoms with E-state index < -0.39 is 0 Å². The lowest BCUT2D eigenvalue weighted by Crippen LogP contribution is -2.14. The normalized spacial score (nSPS) is 11.2. The number of amides is 1. The molecule has 1 N–H and O–H groups in total. The predicted molar refractivity (Wildman–Crippen MR) is 98.1 cm³/mol. The summed E-state index contributed by atoms with van der Waals surface area (Å²) in [7, 11) is 2.01. The molecule has 4 heteroatoms.